The summed E-state index contributed by atoms with van der Waals surface area (Å²) in [6.45, 7) is 2.54. The van der Waals surface area contributed by atoms with E-state index in [9.17, 15) is 9.59 Å². The maximum absolute atomic E-state index is 12.7. The van der Waals surface area contributed by atoms with E-state index in [-0.39, 0.29) is 12.3 Å². The highest BCUT2D eigenvalue weighted by molar-refractivity contribution is 8.16. The number of ether oxygens (including phenoxy) is 2. The van der Waals surface area contributed by atoms with Crippen molar-refractivity contribution < 1.29 is 19.1 Å². The minimum Gasteiger partial charge on any atom is -0.497 e. The molecule has 0 radical (unpaired) electrons. The molecule has 30 heavy (non-hydrogen) atoms. The van der Waals surface area contributed by atoms with Crippen molar-refractivity contribution in [1.29, 1.82) is 0 Å². The van der Waals surface area contributed by atoms with Crippen LogP contribution in [0, 0.1) is 5.92 Å². The zero-order valence-electron chi connectivity index (χ0n) is 17.3. The van der Waals surface area contributed by atoms with E-state index >= 15 is 0 Å². The van der Waals surface area contributed by atoms with E-state index in [2.05, 4.69) is 10.3 Å². The van der Waals surface area contributed by atoms with Gasteiger partial charge >= 0.3 is 5.97 Å². The summed E-state index contributed by atoms with van der Waals surface area (Å²) >= 11 is 1.46. The average molecular weight is 428 g/mol. The molecule has 0 aromatic heterocycles. The fourth-order valence-corrected chi connectivity index (χ4v) is 4.64. The molecule has 1 atom stereocenters. The first-order valence-corrected chi connectivity index (χ1v) is 10.8. The Bertz CT molecular complexity index is 965. The summed E-state index contributed by atoms with van der Waals surface area (Å²) in [4.78, 5) is 31.8. The highest BCUT2D eigenvalue weighted by Crippen LogP contribution is 2.45. The van der Waals surface area contributed by atoms with E-state index in [0.29, 0.717) is 22.9 Å². The molecule has 7 nitrogen and oxygen atoms in total. The fraction of sp³-hybridized carbons (Fsp3) is 0.409. The number of rotatable bonds is 7. The van der Waals surface area contributed by atoms with Gasteiger partial charge in [-0.2, -0.15) is 0 Å². The first-order chi connectivity index (χ1) is 14.5. The topological polar surface area (TPSA) is 80.2 Å². The van der Waals surface area contributed by atoms with Gasteiger partial charge in [-0.3, -0.25) is 4.79 Å². The summed E-state index contributed by atoms with van der Waals surface area (Å²) in [6, 6.07) is 7.14. The molecular weight excluding hydrogens is 402 g/mol. The van der Waals surface area contributed by atoms with Crippen LogP contribution in [0.1, 0.15) is 37.8 Å². The Morgan fingerprint density at radius 1 is 1.30 bits per heavy atom. The average Bonchev–Trinajstić information content (AvgIpc) is 3.51. The number of amides is 1. The van der Waals surface area contributed by atoms with Crippen LogP contribution < -0.4 is 10.1 Å². The van der Waals surface area contributed by atoms with Gasteiger partial charge in [-0.1, -0.05) is 23.9 Å². The van der Waals surface area contributed by atoms with E-state index in [4.69, 9.17) is 9.47 Å². The number of amidine groups is 1. The largest absolute Gasteiger partial charge is 0.497 e. The van der Waals surface area contributed by atoms with E-state index in [1.807, 2.05) is 41.5 Å². The molecule has 2 heterocycles. The van der Waals surface area contributed by atoms with Gasteiger partial charge in [0.2, 0.25) is 5.91 Å². The van der Waals surface area contributed by atoms with E-state index in [1.54, 1.807) is 7.11 Å². The third-order valence-electron chi connectivity index (χ3n) is 5.44. The Labute approximate surface area is 180 Å². The van der Waals surface area contributed by atoms with E-state index in [1.165, 1.54) is 31.7 Å². The Kier molecular flexibility index (Phi) is 5.85. The van der Waals surface area contributed by atoms with Crippen LogP contribution in [0.15, 0.2) is 51.6 Å². The summed E-state index contributed by atoms with van der Waals surface area (Å²) in [5.74, 6) is 0.856. The van der Waals surface area contributed by atoms with Crippen LogP contribution in [0.4, 0.5) is 0 Å². The molecule has 8 heteroatoms. The maximum Gasteiger partial charge on any atom is 0.338 e. The Hall–Kier alpha value is -2.74. The number of carbonyl (C=O) groups is 2. The lowest BCUT2D eigenvalue weighted by molar-refractivity contribution is -0.136. The van der Waals surface area contributed by atoms with Gasteiger partial charge in [0, 0.05) is 12.2 Å². The van der Waals surface area contributed by atoms with Crippen LogP contribution >= 0.6 is 11.8 Å². The lowest BCUT2D eigenvalue weighted by atomic mass is 9.93. The molecule has 0 bridgehead atoms. The Morgan fingerprint density at radius 2 is 2.10 bits per heavy atom. The lowest BCUT2D eigenvalue weighted by Crippen LogP contribution is -2.38. The zero-order chi connectivity index (χ0) is 21.3. The van der Waals surface area contributed by atoms with E-state index in [0.717, 1.165) is 23.0 Å². The van der Waals surface area contributed by atoms with Crippen molar-refractivity contribution in [2.75, 3.05) is 20.8 Å². The summed E-state index contributed by atoms with van der Waals surface area (Å²) in [7, 11) is 2.97. The van der Waals surface area contributed by atoms with Crippen LogP contribution in [-0.2, 0) is 14.3 Å². The molecule has 0 saturated heterocycles. The number of thioether (sulfide) groups is 1. The summed E-state index contributed by atoms with van der Waals surface area (Å²) < 4.78 is 10.5. The minimum absolute atomic E-state index is 0.0229. The van der Waals surface area contributed by atoms with E-state index < -0.39 is 12.0 Å². The van der Waals surface area contributed by atoms with Gasteiger partial charge in [0.05, 0.1) is 38.0 Å². The summed E-state index contributed by atoms with van der Waals surface area (Å²) in [6.07, 6.45) is 2.60. The molecule has 1 aromatic rings. The molecule has 1 fully saturated rings. The number of aliphatic imine (C=N–C) groups is 1. The van der Waals surface area contributed by atoms with Crippen LogP contribution in [-0.4, -0.2) is 42.7 Å². The standard InChI is InChI=1S/C22H25N3O4S/c1-13-19(21(27)29-3)20(15-5-4-6-17(9-15)28-2)25-16(12-30-22(25)24-13)10-18(26)23-11-14-7-8-14/h4-6,9,12,14,20H,7-8,10-11H2,1-3H3,(H,23,26). The van der Waals surface area contributed by atoms with Gasteiger partial charge in [0.15, 0.2) is 5.17 Å². The SMILES string of the molecule is COC(=O)C1=C(C)N=C2SC=C(CC(=O)NCC3CC3)N2C1c1cccc(OC)c1. The molecule has 0 spiro atoms. The normalized spacial score (nSPS) is 20.4. The third kappa shape index (κ3) is 4.09. The van der Waals surface area contributed by atoms with Crippen molar-refractivity contribution in [3.05, 3.63) is 52.2 Å². The van der Waals surface area contributed by atoms with Gasteiger partial charge in [0.1, 0.15) is 5.75 Å². The second-order valence-corrected chi connectivity index (χ2v) is 8.42. The highest BCUT2D eigenvalue weighted by Gasteiger charge is 2.41. The van der Waals surface area contributed by atoms with Crippen molar-refractivity contribution in [2.24, 2.45) is 10.9 Å². The van der Waals surface area contributed by atoms with Crippen molar-refractivity contribution in [3.63, 3.8) is 0 Å². The zero-order valence-corrected chi connectivity index (χ0v) is 18.1. The second-order valence-electron chi connectivity index (χ2n) is 7.59. The molecule has 1 N–H and O–H groups in total. The lowest BCUT2D eigenvalue weighted by Gasteiger charge is -2.36. The Morgan fingerprint density at radius 3 is 2.80 bits per heavy atom. The fourth-order valence-electron chi connectivity index (χ4n) is 3.67. The van der Waals surface area contributed by atoms with Gasteiger partial charge in [-0.05, 0) is 48.8 Å². The van der Waals surface area contributed by atoms with Crippen LogP contribution in [0.5, 0.6) is 5.75 Å². The number of carbonyl (C=O) groups excluding carboxylic acids is 2. The number of esters is 1. The first-order valence-electron chi connectivity index (χ1n) is 9.95. The van der Waals surface area contributed by atoms with Crippen LogP contribution in [0.2, 0.25) is 0 Å². The third-order valence-corrected chi connectivity index (χ3v) is 6.33. The number of hydrogen-bond acceptors (Lipinski definition) is 7. The number of nitrogens with zero attached hydrogens (tertiary/aromatic N) is 2. The first kappa shape index (κ1) is 20.5. The number of methoxy groups -OCH3 is 2. The molecule has 1 aliphatic carbocycles. The summed E-state index contributed by atoms with van der Waals surface area (Å²) in [5.41, 5.74) is 2.75. The molecule has 4 rings (SSSR count). The monoisotopic (exact) mass is 427 g/mol. The van der Waals surface area contributed by atoms with Crippen LogP contribution in [0.3, 0.4) is 0 Å². The number of nitrogens with one attached hydrogen (secondary N) is 1. The number of fused-ring (bicyclic) bond motifs is 1. The van der Waals surface area contributed by atoms with Crippen molar-refractivity contribution in [2.45, 2.75) is 32.2 Å². The molecule has 1 saturated carbocycles. The van der Waals surface area contributed by atoms with Crippen molar-refractivity contribution in [3.8, 4) is 5.75 Å². The Balaban J connectivity index is 1.67. The predicted octanol–water partition coefficient (Wildman–Crippen LogP) is 3.36. The van der Waals surface area contributed by atoms with Gasteiger partial charge in [-0.25, -0.2) is 9.79 Å². The van der Waals surface area contributed by atoms with Crippen molar-refractivity contribution >= 4 is 28.8 Å². The summed E-state index contributed by atoms with van der Waals surface area (Å²) in [5, 5.41) is 5.70. The number of hydrogen-bond donors (Lipinski definition) is 1. The molecule has 1 amide bonds. The number of allylic oxidation sites excluding steroid dienone is 1. The highest BCUT2D eigenvalue weighted by atomic mass is 32.2. The quantitative estimate of drug-likeness (QED) is 0.672. The smallest absolute Gasteiger partial charge is 0.338 e. The molecule has 158 valence electrons. The van der Waals surface area contributed by atoms with Gasteiger partial charge in [-0.15, -0.1) is 0 Å². The van der Waals surface area contributed by atoms with Crippen molar-refractivity contribution in [1.82, 2.24) is 10.2 Å². The molecule has 2 aliphatic heterocycles. The molecule has 1 unspecified atom stereocenters. The van der Waals surface area contributed by atoms with Crippen LogP contribution in [0.25, 0.3) is 0 Å². The van der Waals surface area contributed by atoms with Gasteiger partial charge in [0.25, 0.3) is 0 Å². The number of benzene rings is 1. The minimum atomic E-state index is -0.447. The molecule has 1 aromatic carbocycles. The molecular formula is C22H25N3O4S. The van der Waals surface area contributed by atoms with Gasteiger partial charge < -0.3 is 19.7 Å². The maximum atomic E-state index is 12.7. The second kappa shape index (κ2) is 8.55. The predicted molar refractivity (Wildman–Crippen MR) is 116 cm³/mol. The molecule has 3 aliphatic rings.